The first-order valence-corrected chi connectivity index (χ1v) is 9.82. The van der Waals surface area contributed by atoms with Crippen molar-refractivity contribution in [3.63, 3.8) is 0 Å². The maximum Gasteiger partial charge on any atom is 0.516 e. The van der Waals surface area contributed by atoms with Crippen LogP contribution in [0.1, 0.15) is 16.7 Å². The van der Waals surface area contributed by atoms with Crippen molar-refractivity contribution in [3.05, 3.63) is 77.4 Å². The fourth-order valence-electron chi connectivity index (χ4n) is 2.74. The Bertz CT molecular complexity index is 1210. The molecule has 3 rings (SSSR count). The van der Waals surface area contributed by atoms with E-state index in [1.54, 1.807) is 24.3 Å². The predicted octanol–water partition coefficient (Wildman–Crippen LogP) is 6.29. The molecule has 0 aliphatic rings. The van der Waals surface area contributed by atoms with Gasteiger partial charge in [0, 0.05) is 5.69 Å². The lowest BCUT2D eigenvalue weighted by atomic mass is 10.0. The summed E-state index contributed by atoms with van der Waals surface area (Å²) in [7, 11) is -5.55. The Kier molecular flexibility index (Phi) is 5.55. The van der Waals surface area contributed by atoms with E-state index in [1.807, 2.05) is 0 Å². The van der Waals surface area contributed by atoms with Gasteiger partial charge in [0.2, 0.25) is 0 Å². The molecule has 3 aromatic rings. The summed E-state index contributed by atoms with van der Waals surface area (Å²) in [5, 5.41) is 1.03. The molecule has 0 saturated carbocycles. The second kappa shape index (κ2) is 7.67. The molecule has 30 heavy (non-hydrogen) atoms. The summed E-state index contributed by atoms with van der Waals surface area (Å²) in [5.74, 6) is 0. The van der Waals surface area contributed by atoms with E-state index in [4.69, 9.17) is 0 Å². The van der Waals surface area contributed by atoms with Gasteiger partial charge in [-0.2, -0.15) is 34.8 Å². The number of halogens is 6. The first kappa shape index (κ1) is 21.7. The average molecular weight is 445 g/mol. The number of fused-ring (bicyclic) bond motifs is 1. The van der Waals surface area contributed by atoms with E-state index >= 15 is 0 Å². The minimum Gasteiger partial charge on any atom is -0.276 e. The number of benzene rings is 3. The molecule has 10 heteroatoms. The highest BCUT2D eigenvalue weighted by molar-refractivity contribution is 7.93. The summed E-state index contributed by atoms with van der Waals surface area (Å²) in [6.45, 7) is 0. The van der Waals surface area contributed by atoms with Gasteiger partial charge >= 0.3 is 21.7 Å². The van der Waals surface area contributed by atoms with Gasteiger partial charge in [-0.15, -0.1) is 0 Å². The number of hydrogen-bond acceptors (Lipinski definition) is 2. The molecule has 0 bridgehead atoms. The van der Waals surface area contributed by atoms with Gasteiger partial charge in [0.15, 0.2) is 0 Å². The quantitative estimate of drug-likeness (QED) is 0.379. The molecule has 158 valence electrons. The molecule has 3 aromatic carbocycles. The molecular formula is C20H13F6NO2S. The van der Waals surface area contributed by atoms with Crippen LogP contribution < -0.4 is 4.72 Å². The minimum absolute atomic E-state index is 0.265. The predicted molar refractivity (Wildman–Crippen MR) is 103 cm³/mol. The van der Waals surface area contributed by atoms with Crippen LogP contribution in [0.3, 0.4) is 0 Å². The Labute approximate surface area is 167 Å². The second-order valence-electron chi connectivity index (χ2n) is 6.29. The van der Waals surface area contributed by atoms with E-state index in [-0.39, 0.29) is 5.69 Å². The molecule has 0 aromatic heterocycles. The van der Waals surface area contributed by atoms with E-state index in [1.165, 1.54) is 41.1 Å². The third kappa shape index (κ3) is 4.76. The van der Waals surface area contributed by atoms with Crippen LogP contribution in [0.25, 0.3) is 22.9 Å². The molecule has 0 saturated heterocycles. The normalized spacial score (nSPS) is 13.1. The zero-order valence-electron chi connectivity index (χ0n) is 14.9. The van der Waals surface area contributed by atoms with Crippen molar-refractivity contribution < 1.29 is 34.8 Å². The third-order valence-electron chi connectivity index (χ3n) is 4.14. The Morgan fingerprint density at radius 3 is 2.17 bits per heavy atom. The molecule has 0 radical (unpaired) electrons. The Hall–Kier alpha value is -3.01. The fourth-order valence-corrected chi connectivity index (χ4v) is 3.29. The summed E-state index contributed by atoms with van der Waals surface area (Å²) >= 11 is 0. The number of rotatable bonds is 4. The summed E-state index contributed by atoms with van der Waals surface area (Å²) < 4.78 is 100. The van der Waals surface area contributed by atoms with Crippen LogP contribution in [0.5, 0.6) is 0 Å². The molecule has 0 amide bonds. The minimum atomic E-state index is -5.55. The fraction of sp³-hybridized carbons (Fsp3) is 0.100. The monoisotopic (exact) mass is 445 g/mol. The molecule has 0 atom stereocenters. The van der Waals surface area contributed by atoms with Gasteiger partial charge in [0.1, 0.15) is 0 Å². The smallest absolute Gasteiger partial charge is 0.276 e. The summed E-state index contributed by atoms with van der Waals surface area (Å²) in [4.78, 5) is 0. The van der Waals surface area contributed by atoms with Crippen LogP contribution in [0.2, 0.25) is 0 Å². The van der Waals surface area contributed by atoms with Gasteiger partial charge in [-0.25, -0.2) is 0 Å². The third-order valence-corrected chi connectivity index (χ3v) is 5.25. The van der Waals surface area contributed by atoms with E-state index in [9.17, 15) is 34.8 Å². The van der Waals surface area contributed by atoms with Crippen molar-refractivity contribution in [2.24, 2.45) is 0 Å². The maximum atomic E-state index is 12.8. The van der Waals surface area contributed by atoms with Crippen LogP contribution in [-0.4, -0.2) is 13.9 Å². The van der Waals surface area contributed by atoms with E-state index in [0.29, 0.717) is 21.9 Å². The van der Waals surface area contributed by atoms with Crippen LogP contribution >= 0.6 is 0 Å². The van der Waals surface area contributed by atoms with E-state index in [2.05, 4.69) is 0 Å². The number of sulfonamides is 1. The van der Waals surface area contributed by atoms with Gasteiger partial charge in [0.05, 0.1) is 5.56 Å². The number of nitrogens with one attached hydrogen (secondary N) is 1. The maximum absolute atomic E-state index is 12.8. The lowest BCUT2D eigenvalue weighted by molar-refractivity contribution is -0.137. The average Bonchev–Trinajstić information content (AvgIpc) is 2.64. The SMILES string of the molecule is O=S(=O)(Nc1ccc2c(/C=C/c3cccc(C(F)(F)F)c3)cccc2c1)C(F)(F)F. The van der Waals surface area contributed by atoms with Crippen LogP contribution in [0, 0.1) is 0 Å². The second-order valence-corrected chi connectivity index (χ2v) is 7.96. The first-order chi connectivity index (χ1) is 13.9. The number of anilines is 1. The van der Waals surface area contributed by atoms with Crippen LogP contribution in [0.4, 0.5) is 32.0 Å². The zero-order valence-corrected chi connectivity index (χ0v) is 15.7. The highest BCUT2D eigenvalue weighted by Gasteiger charge is 2.46. The standard InChI is InChI=1S/C20H13F6NO2S/c21-19(22,23)16-6-1-3-13(11-16)7-8-14-4-2-5-15-12-17(9-10-18(14)15)27-30(28,29)20(24,25)26/h1-12,27H/b8-7+. The molecule has 3 nitrogen and oxygen atoms in total. The molecule has 0 heterocycles. The summed E-state index contributed by atoms with van der Waals surface area (Å²) in [5.41, 5.74) is -5.59. The zero-order chi connectivity index (χ0) is 22.2. The van der Waals surface area contributed by atoms with Gasteiger partial charge < -0.3 is 0 Å². The van der Waals surface area contributed by atoms with Crippen molar-refractivity contribution in [1.82, 2.24) is 0 Å². The largest absolute Gasteiger partial charge is 0.516 e. The summed E-state index contributed by atoms with van der Waals surface area (Å²) in [6.07, 6.45) is -1.43. The van der Waals surface area contributed by atoms with Crippen molar-refractivity contribution in [3.8, 4) is 0 Å². The van der Waals surface area contributed by atoms with Crippen LogP contribution in [-0.2, 0) is 16.2 Å². The molecule has 0 unspecified atom stereocenters. The highest BCUT2D eigenvalue weighted by Crippen LogP contribution is 2.31. The van der Waals surface area contributed by atoms with Crippen molar-refractivity contribution >= 4 is 38.6 Å². The first-order valence-electron chi connectivity index (χ1n) is 8.34. The molecule has 0 aliphatic heterocycles. The topological polar surface area (TPSA) is 46.2 Å². The van der Waals surface area contributed by atoms with Crippen LogP contribution in [0.15, 0.2) is 60.7 Å². The van der Waals surface area contributed by atoms with Crippen molar-refractivity contribution in [2.45, 2.75) is 11.7 Å². The Morgan fingerprint density at radius 1 is 0.800 bits per heavy atom. The number of alkyl halides is 6. The van der Waals surface area contributed by atoms with E-state index < -0.39 is 27.3 Å². The molecule has 0 fully saturated rings. The molecule has 0 aliphatic carbocycles. The van der Waals surface area contributed by atoms with Gasteiger partial charge in [-0.05, 0) is 46.2 Å². The van der Waals surface area contributed by atoms with E-state index in [0.717, 1.165) is 12.1 Å². The van der Waals surface area contributed by atoms with Gasteiger partial charge in [0.25, 0.3) is 0 Å². The lowest BCUT2D eigenvalue weighted by Gasteiger charge is -2.11. The summed E-state index contributed by atoms with van der Waals surface area (Å²) in [6, 6.07) is 13.4. The molecule has 0 spiro atoms. The van der Waals surface area contributed by atoms with Crippen molar-refractivity contribution in [1.29, 1.82) is 0 Å². The van der Waals surface area contributed by atoms with Crippen molar-refractivity contribution in [2.75, 3.05) is 4.72 Å². The van der Waals surface area contributed by atoms with Gasteiger partial charge in [-0.3, -0.25) is 4.72 Å². The lowest BCUT2D eigenvalue weighted by Crippen LogP contribution is -2.29. The molecular weight excluding hydrogens is 432 g/mol. The Morgan fingerprint density at radius 2 is 1.50 bits per heavy atom. The number of hydrogen-bond donors (Lipinski definition) is 1. The molecule has 1 N–H and O–H groups in total. The van der Waals surface area contributed by atoms with Gasteiger partial charge in [-0.1, -0.05) is 48.6 Å². The highest BCUT2D eigenvalue weighted by atomic mass is 32.2. The Balaban J connectivity index is 1.93.